The number of hydrogen-bond acceptors (Lipinski definition) is 4. The first-order chi connectivity index (χ1) is 5.79. The van der Waals surface area contributed by atoms with E-state index in [1.807, 2.05) is 0 Å². The summed E-state index contributed by atoms with van der Waals surface area (Å²) in [6, 6.07) is 0. The summed E-state index contributed by atoms with van der Waals surface area (Å²) in [5.74, 6) is -0.183. The first-order valence-electron chi connectivity index (χ1n) is 3.96. The summed E-state index contributed by atoms with van der Waals surface area (Å²) < 4.78 is 4.88. The van der Waals surface area contributed by atoms with Gasteiger partial charge in [0.25, 0.3) is 5.91 Å². The lowest BCUT2D eigenvalue weighted by atomic mass is 10.3. The average Bonchev–Trinajstić information content (AvgIpc) is 2.58. The quantitative estimate of drug-likeness (QED) is 0.603. The molecule has 1 unspecified atom stereocenters. The highest BCUT2D eigenvalue weighted by molar-refractivity contribution is 5.80. The average molecular weight is 174 g/mol. The minimum Gasteiger partial charge on any atom is -0.370 e. The molecular formula is C7H14N2O3. The molecule has 1 amide bonds. The zero-order valence-electron chi connectivity index (χ0n) is 7.16. The number of carbonyl (C=O) groups excluding carboxylic acids is 1. The summed E-state index contributed by atoms with van der Waals surface area (Å²) in [7, 11) is 1.46. The summed E-state index contributed by atoms with van der Waals surface area (Å²) >= 11 is 0. The molecule has 5 heteroatoms. The molecular weight excluding hydrogens is 160 g/mol. The summed E-state index contributed by atoms with van der Waals surface area (Å²) in [5, 5.41) is 1.32. The molecule has 1 aliphatic heterocycles. The van der Waals surface area contributed by atoms with Crippen LogP contribution in [-0.2, 0) is 14.4 Å². The van der Waals surface area contributed by atoms with Crippen LogP contribution >= 0.6 is 0 Å². The lowest BCUT2D eigenvalue weighted by Crippen LogP contribution is -2.41. The Morgan fingerprint density at radius 2 is 2.58 bits per heavy atom. The van der Waals surface area contributed by atoms with Gasteiger partial charge in [-0.1, -0.05) is 0 Å². The van der Waals surface area contributed by atoms with Crippen LogP contribution < -0.4 is 5.73 Å². The molecule has 12 heavy (non-hydrogen) atoms. The summed E-state index contributed by atoms with van der Waals surface area (Å²) in [6.07, 6.45) is 0.315. The minimum atomic E-state index is -0.567. The van der Waals surface area contributed by atoms with E-state index in [1.54, 1.807) is 0 Å². The van der Waals surface area contributed by atoms with Gasteiger partial charge in [0.2, 0.25) is 0 Å². The lowest BCUT2D eigenvalue weighted by Gasteiger charge is -2.19. The number of carbonyl (C=O) groups is 1. The molecule has 5 nitrogen and oxygen atoms in total. The Kier molecular flexibility index (Phi) is 3.46. The van der Waals surface area contributed by atoms with Crippen molar-refractivity contribution in [3.8, 4) is 0 Å². The number of ether oxygens (including phenoxy) is 1. The molecule has 1 atom stereocenters. The van der Waals surface area contributed by atoms with E-state index in [9.17, 15) is 4.79 Å². The monoisotopic (exact) mass is 174 g/mol. The molecule has 0 spiro atoms. The van der Waals surface area contributed by atoms with Crippen LogP contribution in [0.5, 0.6) is 0 Å². The molecule has 1 heterocycles. The Morgan fingerprint density at radius 1 is 1.83 bits per heavy atom. The van der Waals surface area contributed by atoms with E-state index in [-0.39, 0.29) is 12.5 Å². The fraction of sp³-hybridized carbons (Fsp3) is 0.857. The van der Waals surface area contributed by atoms with Gasteiger partial charge in [-0.15, -0.1) is 0 Å². The van der Waals surface area contributed by atoms with Crippen molar-refractivity contribution in [3.63, 3.8) is 0 Å². The van der Waals surface area contributed by atoms with Gasteiger partial charge in [-0.25, -0.2) is 5.06 Å². The van der Waals surface area contributed by atoms with Crippen LogP contribution in [0.4, 0.5) is 0 Å². The maximum atomic E-state index is 11.4. The lowest BCUT2D eigenvalue weighted by molar-refractivity contribution is -0.178. The number of amides is 1. The van der Waals surface area contributed by atoms with Gasteiger partial charge in [-0.2, -0.15) is 0 Å². The van der Waals surface area contributed by atoms with Crippen molar-refractivity contribution in [2.24, 2.45) is 5.73 Å². The molecule has 0 aromatic carbocycles. The molecule has 2 N–H and O–H groups in total. The van der Waals surface area contributed by atoms with Crippen LogP contribution in [0.15, 0.2) is 0 Å². The van der Waals surface area contributed by atoms with Crippen molar-refractivity contribution < 1.29 is 14.4 Å². The molecule has 1 saturated heterocycles. The summed E-state index contributed by atoms with van der Waals surface area (Å²) in [5.41, 5.74) is 5.32. The molecule has 70 valence electrons. The normalized spacial score (nSPS) is 19.7. The standard InChI is InChI=1S/C7H14N2O3/c1-11-6(5-8)7(10)9-3-2-4-12-9/h6H,2-5,8H2,1H3. The van der Waals surface area contributed by atoms with Crippen molar-refractivity contribution in [3.05, 3.63) is 0 Å². The largest absolute Gasteiger partial charge is 0.370 e. The maximum Gasteiger partial charge on any atom is 0.276 e. The SMILES string of the molecule is COC(CN)C(=O)N1CCCO1. The Bertz CT molecular complexity index is 149. The molecule has 1 rings (SSSR count). The number of hydroxylamine groups is 2. The molecule has 0 aromatic rings. The Labute approximate surface area is 71.4 Å². The fourth-order valence-corrected chi connectivity index (χ4v) is 1.08. The van der Waals surface area contributed by atoms with Crippen LogP contribution in [0.2, 0.25) is 0 Å². The predicted molar refractivity (Wildman–Crippen MR) is 42.1 cm³/mol. The molecule has 1 fully saturated rings. The number of rotatable bonds is 3. The third kappa shape index (κ3) is 1.94. The highest BCUT2D eigenvalue weighted by Gasteiger charge is 2.26. The van der Waals surface area contributed by atoms with Gasteiger partial charge in [0.15, 0.2) is 0 Å². The second kappa shape index (κ2) is 4.39. The number of nitrogens with zero attached hydrogens (tertiary/aromatic N) is 1. The van der Waals surface area contributed by atoms with Crippen LogP contribution in [0.25, 0.3) is 0 Å². The second-order valence-electron chi connectivity index (χ2n) is 2.59. The number of hydrogen-bond donors (Lipinski definition) is 1. The van der Waals surface area contributed by atoms with E-state index >= 15 is 0 Å². The number of methoxy groups -OCH3 is 1. The first kappa shape index (κ1) is 9.44. The highest BCUT2D eigenvalue weighted by atomic mass is 16.7. The zero-order valence-corrected chi connectivity index (χ0v) is 7.16. The topological polar surface area (TPSA) is 64.8 Å². The van der Waals surface area contributed by atoms with Gasteiger partial charge >= 0.3 is 0 Å². The Morgan fingerprint density at radius 3 is 3.00 bits per heavy atom. The van der Waals surface area contributed by atoms with Crippen LogP contribution in [-0.4, -0.2) is 43.9 Å². The minimum absolute atomic E-state index is 0.183. The summed E-state index contributed by atoms with van der Waals surface area (Å²) in [4.78, 5) is 16.5. The number of nitrogens with two attached hydrogens (primary N) is 1. The van der Waals surface area contributed by atoms with Crippen LogP contribution in [0.1, 0.15) is 6.42 Å². The molecule has 0 aliphatic carbocycles. The van der Waals surface area contributed by atoms with Crippen molar-refractivity contribution in [1.82, 2.24) is 5.06 Å². The summed E-state index contributed by atoms with van der Waals surface area (Å²) in [6.45, 7) is 1.43. The van der Waals surface area contributed by atoms with Crippen LogP contribution in [0.3, 0.4) is 0 Å². The van der Waals surface area contributed by atoms with E-state index in [4.69, 9.17) is 15.3 Å². The van der Waals surface area contributed by atoms with Gasteiger partial charge in [-0.05, 0) is 6.42 Å². The van der Waals surface area contributed by atoms with Gasteiger partial charge in [0.1, 0.15) is 6.10 Å². The first-order valence-corrected chi connectivity index (χ1v) is 3.96. The van der Waals surface area contributed by atoms with Gasteiger partial charge < -0.3 is 10.5 Å². The molecule has 1 aliphatic rings. The Balaban J connectivity index is 2.43. The predicted octanol–water partition coefficient (Wildman–Crippen LogP) is -0.876. The third-order valence-electron chi connectivity index (χ3n) is 1.77. The van der Waals surface area contributed by atoms with Gasteiger partial charge in [-0.3, -0.25) is 9.63 Å². The van der Waals surface area contributed by atoms with Crippen LogP contribution in [0, 0.1) is 0 Å². The molecule has 0 saturated carbocycles. The van der Waals surface area contributed by atoms with E-state index in [0.717, 1.165) is 6.42 Å². The van der Waals surface area contributed by atoms with E-state index in [2.05, 4.69) is 0 Å². The molecule has 0 bridgehead atoms. The van der Waals surface area contributed by atoms with Crippen molar-refractivity contribution in [1.29, 1.82) is 0 Å². The molecule has 0 aromatic heterocycles. The van der Waals surface area contributed by atoms with E-state index in [1.165, 1.54) is 12.2 Å². The van der Waals surface area contributed by atoms with Gasteiger partial charge in [0.05, 0.1) is 13.2 Å². The fourth-order valence-electron chi connectivity index (χ4n) is 1.08. The van der Waals surface area contributed by atoms with Crippen molar-refractivity contribution >= 4 is 5.91 Å². The second-order valence-corrected chi connectivity index (χ2v) is 2.59. The van der Waals surface area contributed by atoms with Crippen molar-refractivity contribution in [2.45, 2.75) is 12.5 Å². The zero-order chi connectivity index (χ0) is 8.97. The third-order valence-corrected chi connectivity index (χ3v) is 1.77. The maximum absolute atomic E-state index is 11.4. The Hall–Kier alpha value is -0.650. The van der Waals surface area contributed by atoms with Gasteiger partial charge in [0, 0.05) is 13.7 Å². The highest BCUT2D eigenvalue weighted by Crippen LogP contribution is 2.07. The molecule has 0 radical (unpaired) electrons. The van der Waals surface area contributed by atoms with E-state index < -0.39 is 6.10 Å². The van der Waals surface area contributed by atoms with Crippen molar-refractivity contribution in [2.75, 3.05) is 26.8 Å². The van der Waals surface area contributed by atoms with E-state index in [0.29, 0.717) is 13.2 Å². The smallest absolute Gasteiger partial charge is 0.276 e.